The molecule has 17 heavy (non-hydrogen) atoms. The van der Waals surface area contributed by atoms with Gasteiger partial charge in [0.15, 0.2) is 0 Å². The van der Waals surface area contributed by atoms with Gasteiger partial charge >= 0.3 is 5.69 Å². The summed E-state index contributed by atoms with van der Waals surface area (Å²) in [6.07, 6.45) is -2.75. The monoisotopic (exact) mass is 262 g/mol. The molecule has 1 heterocycles. The summed E-state index contributed by atoms with van der Waals surface area (Å²) in [5.41, 5.74) is 9.86. The summed E-state index contributed by atoms with van der Waals surface area (Å²) in [4.78, 5) is 13.4. The number of hydrogen-bond acceptors (Lipinski definition) is 7. The Labute approximate surface area is 101 Å². The predicted molar refractivity (Wildman–Crippen MR) is 60.3 cm³/mol. The van der Waals surface area contributed by atoms with Gasteiger partial charge in [-0.1, -0.05) is 11.6 Å². The Balaban J connectivity index is 3.24. The van der Waals surface area contributed by atoms with Crippen LogP contribution in [-0.4, -0.2) is 32.8 Å². The average molecular weight is 263 g/mol. The van der Waals surface area contributed by atoms with Crippen molar-refractivity contribution in [1.29, 1.82) is 0 Å². The number of pyridine rings is 1. The number of aliphatic hydroxyl groups excluding tert-OH is 2. The SMILES string of the molecule is NCC(O)C(O)c1cc([N+](=O)[O-])c(N)nc1Cl. The number of nitrogens with two attached hydrogens (primary N) is 2. The molecule has 8 nitrogen and oxygen atoms in total. The lowest BCUT2D eigenvalue weighted by atomic mass is 10.1. The first-order valence-electron chi connectivity index (χ1n) is 4.55. The van der Waals surface area contributed by atoms with Crippen LogP contribution in [0, 0.1) is 10.1 Å². The van der Waals surface area contributed by atoms with E-state index < -0.39 is 22.8 Å². The van der Waals surface area contributed by atoms with Gasteiger partial charge in [0, 0.05) is 18.2 Å². The molecule has 0 radical (unpaired) electrons. The third kappa shape index (κ3) is 2.80. The van der Waals surface area contributed by atoms with Gasteiger partial charge < -0.3 is 21.7 Å². The second-order valence-electron chi connectivity index (χ2n) is 3.28. The summed E-state index contributed by atoms with van der Waals surface area (Å²) in [5, 5.41) is 29.4. The number of nitrogens with zero attached hydrogens (tertiary/aromatic N) is 2. The van der Waals surface area contributed by atoms with Gasteiger partial charge in [-0.2, -0.15) is 0 Å². The van der Waals surface area contributed by atoms with Gasteiger partial charge in [-0.3, -0.25) is 10.1 Å². The van der Waals surface area contributed by atoms with E-state index in [1.807, 2.05) is 0 Å². The molecule has 94 valence electrons. The normalized spacial score (nSPS) is 14.4. The molecule has 0 aliphatic carbocycles. The highest BCUT2D eigenvalue weighted by atomic mass is 35.5. The van der Waals surface area contributed by atoms with Gasteiger partial charge in [-0.25, -0.2) is 4.98 Å². The maximum atomic E-state index is 10.6. The Bertz CT molecular complexity index is 442. The first kappa shape index (κ1) is 13.6. The van der Waals surface area contributed by atoms with Gasteiger partial charge in [0.1, 0.15) is 11.3 Å². The van der Waals surface area contributed by atoms with E-state index in [2.05, 4.69) is 4.98 Å². The first-order chi connectivity index (χ1) is 7.88. The van der Waals surface area contributed by atoms with E-state index in [-0.39, 0.29) is 23.1 Å². The molecule has 2 atom stereocenters. The third-order valence-corrected chi connectivity index (χ3v) is 2.44. The fraction of sp³-hybridized carbons (Fsp3) is 0.375. The fourth-order valence-electron chi connectivity index (χ4n) is 1.20. The number of aliphatic hydroxyl groups is 2. The molecule has 1 aromatic heterocycles. The van der Waals surface area contributed by atoms with E-state index in [1.165, 1.54) is 0 Å². The molecule has 2 unspecified atom stereocenters. The van der Waals surface area contributed by atoms with Crippen LogP contribution in [0.2, 0.25) is 5.15 Å². The summed E-state index contributed by atoms with van der Waals surface area (Å²) in [5.74, 6) is -0.363. The molecule has 0 fully saturated rings. The molecule has 0 saturated carbocycles. The number of nitrogen functional groups attached to an aromatic ring is 1. The highest BCUT2D eigenvalue weighted by Crippen LogP contribution is 2.30. The fourth-order valence-corrected chi connectivity index (χ4v) is 1.46. The van der Waals surface area contributed by atoms with Crippen LogP contribution in [0.5, 0.6) is 0 Å². The number of anilines is 1. The lowest BCUT2D eigenvalue weighted by Gasteiger charge is -2.17. The van der Waals surface area contributed by atoms with Crippen molar-refractivity contribution >= 4 is 23.1 Å². The van der Waals surface area contributed by atoms with Crippen LogP contribution in [0.25, 0.3) is 0 Å². The lowest BCUT2D eigenvalue weighted by molar-refractivity contribution is -0.384. The van der Waals surface area contributed by atoms with E-state index in [4.69, 9.17) is 23.1 Å². The van der Waals surface area contributed by atoms with Crippen LogP contribution in [0.3, 0.4) is 0 Å². The molecule has 6 N–H and O–H groups in total. The summed E-state index contributed by atoms with van der Waals surface area (Å²) in [6.45, 7) is -0.227. The van der Waals surface area contributed by atoms with Gasteiger partial charge in [0.25, 0.3) is 0 Å². The average Bonchev–Trinajstić information content (AvgIpc) is 2.26. The maximum Gasteiger partial charge on any atom is 0.311 e. The summed E-state index contributed by atoms with van der Waals surface area (Å²) in [7, 11) is 0. The number of halogens is 1. The van der Waals surface area contributed by atoms with Gasteiger partial charge in [0.2, 0.25) is 5.82 Å². The third-order valence-electron chi connectivity index (χ3n) is 2.13. The van der Waals surface area contributed by atoms with Crippen molar-refractivity contribution in [3.63, 3.8) is 0 Å². The van der Waals surface area contributed by atoms with Crippen LogP contribution in [0.15, 0.2) is 6.07 Å². The van der Waals surface area contributed by atoms with E-state index in [0.29, 0.717) is 0 Å². The van der Waals surface area contributed by atoms with Crippen LogP contribution < -0.4 is 11.5 Å². The van der Waals surface area contributed by atoms with Crippen molar-refractivity contribution in [1.82, 2.24) is 4.98 Å². The molecular formula is C8H11ClN4O4. The highest BCUT2D eigenvalue weighted by molar-refractivity contribution is 6.30. The van der Waals surface area contributed by atoms with Crippen molar-refractivity contribution in [2.75, 3.05) is 12.3 Å². The first-order valence-corrected chi connectivity index (χ1v) is 4.92. The van der Waals surface area contributed by atoms with Crippen LogP contribution >= 0.6 is 11.6 Å². The van der Waals surface area contributed by atoms with Crippen molar-refractivity contribution in [3.05, 3.63) is 26.9 Å². The molecule has 0 saturated heterocycles. The summed E-state index contributed by atoms with van der Waals surface area (Å²) >= 11 is 5.68. The van der Waals surface area contributed by atoms with Gasteiger partial charge in [0.05, 0.1) is 11.0 Å². The van der Waals surface area contributed by atoms with E-state index >= 15 is 0 Å². The maximum absolute atomic E-state index is 10.6. The van der Waals surface area contributed by atoms with Crippen LogP contribution in [-0.2, 0) is 0 Å². The second-order valence-corrected chi connectivity index (χ2v) is 3.64. The Morgan fingerprint density at radius 2 is 2.18 bits per heavy atom. The number of aromatic nitrogens is 1. The number of hydrogen-bond donors (Lipinski definition) is 4. The Hall–Kier alpha value is -1.48. The Morgan fingerprint density at radius 3 is 2.65 bits per heavy atom. The van der Waals surface area contributed by atoms with Crippen molar-refractivity contribution < 1.29 is 15.1 Å². The number of rotatable bonds is 4. The summed E-state index contributed by atoms with van der Waals surface area (Å²) in [6, 6.07) is 0.966. The zero-order chi connectivity index (χ0) is 13.2. The Morgan fingerprint density at radius 1 is 1.59 bits per heavy atom. The zero-order valence-corrected chi connectivity index (χ0v) is 9.33. The van der Waals surface area contributed by atoms with Gasteiger partial charge in [-0.05, 0) is 0 Å². The molecule has 9 heteroatoms. The smallest absolute Gasteiger partial charge is 0.311 e. The second kappa shape index (κ2) is 5.23. The Kier molecular flexibility index (Phi) is 4.18. The molecule has 1 rings (SSSR count). The minimum absolute atomic E-state index is 0.0921. The van der Waals surface area contributed by atoms with Crippen LogP contribution in [0.4, 0.5) is 11.5 Å². The van der Waals surface area contributed by atoms with E-state index in [1.54, 1.807) is 0 Å². The van der Waals surface area contributed by atoms with Crippen LogP contribution in [0.1, 0.15) is 11.7 Å². The van der Waals surface area contributed by atoms with E-state index in [9.17, 15) is 20.3 Å². The minimum Gasteiger partial charge on any atom is -0.389 e. The van der Waals surface area contributed by atoms with E-state index in [0.717, 1.165) is 6.07 Å². The topological polar surface area (TPSA) is 149 Å². The molecule has 0 spiro atoms. The molecule has 0 aliphatic rings. The number of nitro groups is 1. The molecule has 0 aliphatic heterocycles. The van der Waals surface area contributed by atoms with Crippen molar-refractivity contribution in [3.8, 4) is 0 Å². The standard InChI is InChI=1S/C8H11ClN4O4/c9-7-3(6(15)5(14)2-10)1-4(13(16)17)8(11)12-7/h1,5-6,14-15H,2,10H2,(H2,11,12). The van der Waals surface area contributed by atoms with Gasteiger partial charge in [-0.15, -0.1) is 0 Å². The minimum atomic E-state index is -1.46. The quantitative estimate of drug-likeness (QED) is 0.327. The predicted octanol–water partition coefficient (Wildman–Crippen LogP) is -0.422. The highest BCUT2D eigenvalue weighted by Gasteiger charge is 2.25. The van der Waals surface area contributed by atoms with Crippen molar-refractivity contribution in [2.24, 2.45) is 5.73 Å². The van der Waals surface area contributed by atoms with Crippen molar-refractivity contribution in [2.45, 2.75) is 12.2 Å². The lowest BCUT2D eigenvalue weighted by Crippen LogP contribution is -2.27. The molecule has 0 amide bonds. The molecular weight excluding hydrogens is 252 g/mol. The molecule has 0 aromatic carbocycles. The molecule has 0 bridgehead atoms. The summed E-state index contributed by atoms with van der Waals surface area (Å²) < 4.78 is 0. The molecule has 1 aromatic rings. The largest absolute Gasteiger partial charge is 0.389 e. The zero-order valence-electron chi connectivity index (χ0n) is 8.58.